The molecule has 0 radical (unpaired) electrons. The molecule has 0 bridgehead atoms. The van der Waals surface area contributed by atoms with Crippen LogP contribution in [0.4, 0.5) is 0 Å². The van der Waals surface area contributed by atoms with E-state index in [2.05, 4.69) is 223 Å². The molecule has 0 N–H and O–H groups in total. The zero-order chi connectivity index (χ0) is 25.8. The summed E-state index contributed by atoms with van der Waals surface area (Å²) >= 11 is 50.4. The highest BCUT2D eigenvalue weighted by Gasteiger charge is 2.28. The number of ether oxygens (including phenoxy) is 2. The quantitative estimate of drug-likeness (QED) is 0.191. The lowest BCUT2D eigenvalue weighted by Gasteiger charge is -2.21. The molecule has 3 aromatic carbocycles. The molecule has 34 heavy (non-hydrogen) atoms. The number of rotatable bonds is 4. The summed E-state index contributed by atoms with van der Waals surface area (Å²) in [4.78, 5) is 0. The standard InChI is InChI=1S/C18Br14O2/c19-1-3(21)8(26)15(9(27)4(1)22)33-17-12(30)7(25)13(31)18(14(17)32)34-16-10(28)5(23)2(20)6(24)11(16)29. The van der Waals surface area contributed by atoms with Crippen molar-refractivity contribution in [3.63, 3.8) is 0 Å². The van der Waals surface area contributed by atoms with Crippen molar-refractivity contribution in [2.24, 2.45) is 0 Å². The lowest BCUT2D eigenvalue weighted by molar-refractivity contribution is 0.443. The second-order valence-electron chi connectivity index (χ2n) is 5.92. The number of hydrogen-bond donors (Lipinski definition) is 0. The van der Waals surface area contributed by atoms with Crippen LogP contribution >= 0.6 is 223 Å². The Kier molecular flexibility index (Phi) is 12.7. The maximum atomic E-state index is 6.41. The molecule has 0 saturated heterocycles. The van der Waals surface area contributed by atoms with Gasteiger partial charge in [0, 0.05) is 8.95 Å². The lowest BCUT2D eigenvalue weighted by Crippen LogP contribution is -1.98. The fourth-order valence-corrected chi connectivity index (χ4v) is 11.3. The van der Waals surface area contributed by atoms with Gasteiger partial charge in [-0.15, -0.1) is 0 Å². The van der Waals surface area contributed by atoms with Crippen LogP contribution in [-0.2, 0) is 0 Å². The molecule has 0 fully saturated rings. The van der Waals surface area contributed by atoms with Crippen molar-refractivity contribution in [2.75, 3.05) is 0 Å². The van der Waals surface area contributed by atoms with Crippen LogP contribution in [-0.4, -0.2) is 0 Å². The van der Waals surface area contributed by atoms with Crippen molar-refractivity contribution in [2.45, 2.75) is 0 Å². The van der Waals surface area contributed by atoms with Gasteiger partial charge in [-0.25, -0.2) is 0 Å². The summed E-state index contributed by atoms with van der Waals surface area (Å²) in [5.74, 6) is 2.05. The zero-order valence-corrected chi connectivity index (χ0v) is 37.3. The van der Waals surface area contributed by atoms with E-state index in [1.54, 1.807) is 0 Å². The largest absolute Gasteiger partial charge is 0.452 e. The molecule has 0 unspecified atom stereocenters. The van der Waals surface area contributed by atoms with Gasteiger partial charge in [-0.3, -0.25) is 0 Å². The second kappa shape index (κ2) is 13.3. The molecule has 0 aromatic heterocycles. The van der Waals surface area contributed by atoms with Crippen molar-refractivity contribution in [1.82, 2.24) is 0 Å². The van der Waals surface area contributed by atoms with Gasteiger partial charge in [0.15, 0.2) is 23.0 Å². The summed E-state index contributed by atoms with van der Waals surface area (Å²) in [6.45, 7) is 0. The van der Waals surface area contributed by atoms with Crippen LogP contribution < -0.4 is 9.47 Å². The highest BCUT2D eigenvalue weighted by molar-refractivity contribution is 9.17. The van der Waals surface area contributed by atoms with E-state index in [1.165, 1.54) is 0 Å². The highest BCUT2D eigenvalue weighted by atomic mass is 79.9. The van der Waals surface area contributed by atoms with Gasteiger partial charge < -0.3 is 9.47 Å². The van der Waals surface area contributed by atoms with Gasteiger partial charge >= 0.3 is 0 Å². The van der Waals surface area contributed by atoms with Gasteiger partial charge in [0.25, 0.3) is 0 Å². The summed E-state index contributed by atoms with van der Waals surface area (Å²) in [6.07, 6.45) is 0. The average Bonchev–Trinajstić information content (AvgIpc) is 2.81. The summed E-state index contributed by atoms with van der Waals surface area (Å²) in [7, 11) is 0. The Labute approximate surface area is 312 Å². The van der Waals surface area contributed by atoms with Crippen molar-refractivity contribution >= 4 is 223 Å². The van der Waals surface area contributed by atoms with Crippen LogP contribution in [0, 0.1) is 0 Å². The first-order chi connectivity index (χ1) is 15.7. The van der Waals surface area contributed by atoms with Crippen molar-refractivity contribution < 1.29 is 9.47 Å². The summed E-state index contributed by atoms with van der Waals surface area (Å²) in [5, 5.41) is 0. The van der Waals surface area contributed by atoms with E-state index in [0.717, 1.165) is 26.8 Å². The Hall–Kier alpha value is 3.98. The van der Waals surface area contributed by atoms with Crippen LogP contribution in [0.15, 0.2) is 62.6 Å². The van der Waals surface area contributed by atoms with Gasteiger partial charge in [0.05, 0.1) is 49.2 Å². The van der Waals surface area contributed by atoms with E-state index in [-0.39, 0.29) is 0 Å². The Bertz CT molecular complexity index is 1200. The fourth-order valence-electron chi connectivity index (χ4n) is 2.32. The van der Waals surface area contributed by atoms with Crippen molar-refractivity contribution in [3.8, 4) is 23.0 Å². The lowest BCUT2D eigenvalue weighted by atomic mass is 10.3. The molecule has 182 valence electrons. The Morgan fingerprint density at radius 1 is 0.206 bits per heavy atom. The van der Waals surface area contributed by atoms with Crippen molar-refractivity contribution in [1.29, 1.82) is 0 Å². The third-order valence-electron chi connectivity index (χ3n) is 3.93. The number of halogens is 14. The summed E-state index contributed by atoms with van der Waals surface area (Å²) in [5.41, 5.74) is 0. The van der Waals surface area contributed by atoms with E-state index < -0.39 is 0 Å². The Morgan fingerprint density at radius 3 is 0.588 bits per heavy atom. The van der Waals surface area contributed by atoms with Crippen LogP contribution in [0.2, 0.25) is 0 Å². The van der Waals surface area contributed by atoms with E-state index in [0.29, 0.717) is 58.8 Å². The first kappa shape index (κ1) is 32.5. The summed E-state index contributed by atoms with van der Waals surface area (Å²) in [6, 6.07) is 0. The SMILES string of the molecule is Brc1c(Br)c(Br)c(Oc2c(Br)c(Br)c(Br)c(Oc3c(Br)c(Br)c(Br)c(Br)c3Br)c2Br)c(Br)c1Br. The number of benzene rings is 3. The maximum absolute atomic E-state index is 6.41. The minimum Gasteiger partial charge on any atom is -0.452 e. The highest BCUT2D eigenvalue weighted by Crippen LogP contribution is 2.57. The molecule has 16 heteroatoms. The van der Waals surface area contributed by atoms with E-state index in [4.69, 9.17) is 9.47 Å². The molecular formula is C18Br14O2. The molecule has 2 nitrogen and oxygen atoms in total. The first-order valence-corrected chi connectivity index (χ1v) is 19.1. The predicted octanol–water partition coefficient (Wildman–Crippen LogP) is 15.9. The van der Waals surface area contributed by atoms with Gasteiger partial charge in [-0.05, 0) is 223 Å². The molecule has 0 saturated carbocycles. The number of hydrogen-bond acceptors (Lipinski definition) is 2. The molecule has 3 aromatic rings. The average molecular weight is 1370 g/mol. The zero-order valence-electron chi connectivity index (χ0n) is 15.1. The van der Waals surface area contributed by atoms with Gasteiger partial charge in [-0.1, -0.05) is 0 Å². The Balaban J connectivity index is 2.24. The van der Waals surface area contributed by atoms with Gasteiger partial charge in [-0.2, -0.15) is 0 Å². The van der Waals surface area contributed by atoms with Crippen LogP contribution in [0.1, 0.15) is 0 Å². The monoisotopic (exact) mass is 1350 g/mol. The predicted molar refractivity (Wildman–Crippen MR) is 187 cm³/mol. The van der Waals surface area contributed by atoms with Crippen LogP contribution in [0.25, 0.3) is 0 Å². The normalized spacial score (nSPS) is 11.2. The molecular weight excluding hydrogens is 1370 g/mol. The molecule has 3 rings (SSSR count). The fraction of sp³-hybridized carbons (Fsp3) is 0. The third kappa shape index (κ3) is 6.24. The van der Waals surface area contributed by atoms with Gasteiger partial charge in [0.1, 0.15) is 4.47 Å². The second-order valence-corrected chi connectivity index (χ2v) is 17.0. The van der Waals surface area contributed by atoms with Crippen LogP contribution in [0.5, 0.6) is 23.0 Å². The molecule has 0 aliphatic carbocycles. The topological polar surface area (TPSA) is 18.5 Å². The molecule has 0 heterocycles. The minimum atomic E-state index is 0.482. The molecule has 0 aliphatic heterocycles. The van der Waals surface area contributed by atoms with E-state index in [1.807, 2.05) is 0 Å². The van der Waals surface area contributed by atoms with Gasteiger partial charge in [0.2, 0.25) is 0 Å². The smallest absolute Gasteiger partial charge is 0.160 e. The maximum Gasteiger partial charge on any atom is 0.160 e. The van der Waals surface area contributed by atoms with E-state index >= 15 is 0 Å². The molecule has 0 atom stereocenters. The third-order valence-corrected chi connectivity index (χ3v) is 20.1. The molecule has 0 spiro atoms. The molecule has 0 amide bonds. The first-order valence-electron chi connectivity index (χ1n) is 7.96. The van der Waals surface area contributed by atoms with Crippen molar-refractivity contribution in [3.05, 3.63) is 62.6 Å². The molecule has 0 aliphatic rings. The minimum absolute atomic E-state index is 0.482. The van der Waals surface area contributed by atoms with E-state index in [9.17, 15) is 0 Å². The van der Waals surface area contributed by atoms with Crippen LogP contribution in [0.3, 0.4) is 0 Å². The Morgan fingerprint density at radius 2 is 0.353 bits per heavy atom. The summed E-state index contributed by atoms with van der Waals surface area (Å²) < 4.78 is 23.1.